The molecule has 0 saturated heterocycles. The minimum atomic E-state index is -0.567. The van der Waals surface area contributed by atoms with E-state index in [1.807, 2.05) is 0 Å². The van der Waals surface area contributed by atoms with Gasteiger partial charge in [-0.3, -0.25) is 9.59 Å². The van der Waals surface area contributed by atoms with Crippen LogP contribution in [0.15, 0.2) is 0 Å². The van der Waals surface area contributed by atoms with Crippen molar-refractivity contribution in [2.45, 2.75) is 19.5 Å². The summed E-state index contributed by atoms with van der Waals surface area (Å²) in [5.74, 6) is -0.991. The highest BCUT2D eigenvalue weighted by Crippen LogP contribution is 1.83. The molecule has 11 heavy (non-hydrogen) atoms. The maximum Gasteiger partial charge on any atom is 0.315 e. The molecule has 64 valence electrons. The summed E-state index contributed by atoms with van der Waals surface area (Å²) in [6.07, 6.45) is -0.718. The van der Waals surface area contributed by atoms with Crippen molar-refractivity contribution in [3.05, 3.63) is 0 Å². The van der Waals surface area contributed by atoms with Crippen molar-refractivity contribution in [3.8, 4) is 0 Å². The smallest absolute Gasteiger partial charge is 0.315 e. The second-order valence-electron chi connectivity index (χ2n) is 2.11. The van der Waals surface area contributed by atoms with Crippen molar-refractivity contribution in [1.82, 2.24) is 5.32 Å². The Labute approximate surface area is 64.9 Å². The quantitative estimate of drug-likeness (QED) is 0.314. The lowest BCUT2D eigenvalue weighted by atomic mass is 10.4. The van der Waals surface area contributed by atoms with Gasteiger partial charge in [-0.15, -0.1) is 0 Å². The van der Waals surface area contributed by atoms with Crippen molar-refractivity contribution >= 4 is 11.9 Å². The zero-order valence-corrected chi connectivity index (χ0v) is 6.59. The van der Waals surface area contributed by atoms with Crippen LogP contribution >= 0.6 is 0 Å². The van der Waals surface area contributed by atoms with E-state index in [0.717, 1.165) is 0 Å². The number of hydrogen-bond acceptors (Lipinski definition) is 4. The fourth-order valence-electron chi connectivity index (χ4n) is 0.508. The lowest BCUT2D eigenvalue weighted by molar-refractivity contribution is -0.143. The summed E-state index contributed by atoms with van der Waals surface area (Å²) in [6.45, 7) is 1.61. The molecule has 1 atom stereocenters. The number of carbonyl (C=O) groups is 2. The van der Waals surface area contributed by atoms with Crippen LogP contribution in [0.3, 0.4) is 0 Å². The Hall–Kier alpha value is -1.10. The molecule has 0 aromatic rings. The molecular weight excluding hydrogens is 148 g/mol. The zero-order valence-electron chi connectivity index (χ0n) is 6.59. The molecular formula is C6H12N2O3. The molecule has 0 bridgehead atoms. The van der Waals surface area contributed by atoms with Crippen LogP contribution in [0.25, 0.3) is 0 Å². The van der Waals surface area contributed by atoms with Crippen LogP contribution in [-0.2, 0) is 14.3 Å². The molecule has 1 unspecified atom stereocenters. The van der Waals surface area contributed by atoms with Crippen molar-refractivity contribution in [3.63, 3.8) is 0 Å². The third-order valence-corrected chi connectivity index (χ3v) is 0.921. The summed E-state index contributed by atoms with van der Waals surface area (Å²) in [4.78, 5) is 21.2. The summed E-state index contributed by atoms with van der Waals surface area (Å²) in [5, 5.41) is 2.35. The molecule has 0 aromatic carbocycles. The normalized spacial score (nSPS) is 11.9. The van der Waals surface area contributed by atoms with E-state index in [2.05, 4.69) is 10.1 Å². The molecule has 0 saturated carbocycles. The third kappa shape index (κ3) is 5.35. The van der Waals surface area contributed by atoms with Crippen LogP contribution in [0.5, 0.6) is 0 Å². The summed E-state index contributed by atoms with van der Waals surface area (Å²) >= 11 is 0. The molecule has 5 nitrogen and oxygen atoms in total. The van der Waals surface area contributed by atoms with Gasteiger partial charge < -0.3 is 15.8 Å². The molecule has 0 rings (SSSR count). The predicted octanol–water partition coefficient (Wildman–Crippen LogP) is -1.03. The SMILES string of the molecule is COC(=O)CC(=O)NC(C)N. The third-order valence-electron chi connectivity index (χ3n) is 0.921. The van der Waals surface area contributed by atoms with Gasteiger partial charge in [0.2, 0.25) is 5.91 Å². The fourth-order valence-corrected chi connectivity index (χ4v) is 0.508. The summed E-state index contributed by atoms with van der Waals surface area (Å²) in [7, 11) is 1.22. The molecule has 0 aliphatic heterocycles. The molecule has 3 N–H and O–H groups in total. The van der Waals surface area contributed by atoms with E-state index in [9.17, 15) is 9.59 Å². The molecule has 5 heteroatoms. The second-order valence-corrected chi connectivity index (χ2v) is 2.11. The van der Waals surface area contributed by atoms with Crippen molar-refractivity contribution in [2.24, 2.45) is 5.73 Å². The lowest BCUT2D eigenvalue weighted by Crippen LogP contribution is -2.39. The summed E-state index contributed by atoms with van der Waals surface area (Å²) in [6, 6.07) is 0. The van der Waals surface area contributed by atoms with Crippen LogP contribution in [0, 0.1) is 0 Å². The van der Waals surface area contributed by atoms with Gasteiger partial charge >= 0.3 is 5.97 Å². The monoisotopic (exact) mass is 160 g/mol. The van der Waals surface area contributed by atoms with Crippen molar-refractivity contribution in [1.29, 1.82) is 0 Å². The van der Waals surface area contributed by atoms with Gasteiger partial charge in [0.1, 0.15) is 6.42 Å². The Morgan fingerprint density at radius 1 is 1.64 bits per heavy atom. The van der Waals surface area contributed by atoms with Crippen LogP contribution in [0.4, 0.5) is 0 Å². The minimum Gasteiger partial charge on any atom is -0.469 e. The molecule has 0 spiro atoms. The maximum atomic E-state index is 10.7. The maximum absolute atomic E-state index is 10.7. The second kappa shape index (κ2) is 4.68. The Balaban J connectivity index is 3.61. The van der Waals surface area contributed by atoms with Crippen molar-refractivity contribution < 1.29 is 14.3 Å². The first-order chi connectivity index (χ1) is 5.06. The first kappa shape index (κ1) is 9.90. The Morgan fingerprint density at radius 3 is 2.55 bits per heavy atom. The summed E-state index contributed by atoms with van der Waals surface area (Å²) in [5.41, 5.74) is 5.23. The van der Waals surface area contributed by atoms with E-state index in [1.54, 1.807) is 6.92 Å². The van der Waals surface area contributed by atoms with E-state index < -0.39 is 18.0 Å². The number of amides is 1. The van der Waals surface area contributed by atoms with Gasteiger partial charge in [-0.25, -0.2) is 0 Å². The standard InChI is InChI=1S/C6H12N2O3/c1-4(7)8-5(9)3-6(10)11-2/h4H,3,7H2,1-2H3,(H,8,9). The van der Waals surface area contributed by atoms with Crippen LogP contribution in [0.2, 0.25) is 0 Å². The molecule has 0 aliphatic rings. The van der Waals surface area contributed by atoms with E-state index in [-0.39, 0.29) is 6.42 Å². The predicted molar refractivity (Wildman–Crippen MR) is 38.4 cm³/mol. The molecule has 1 amide bonds. The number of esters is 1. The number of nitrogens with two attached hydrogens (primary N) is 1. The van der Waals surface area contributed by atoms with Crippen LogP contribution in [0.1, 0.15) is 13.3 Å². The highest BCUT2D eigenvalue weighted by Gasteiger charge is 2.09. The Bertz CT molecular complexity index is 156. The van der Waals surface area contributed by atoms with Gasteiger partial charge in [0.25, 0.3) is 0 Å². The molecule has 0 heterocycles. The zero-order chi connectivity index (χ0) is 8.85. The van der Waals surface area contributed by atoms with Crippen LogP contribution in [-0.4, -0.2) is 25.2 Å². The van der Waals surface area contributed by atoms with E-state index >= 15 is 0 Å². The number of nitrogens with one attached hydrogen (secondary N) is 1. The van der Waals surface area contributed by atoms with Crippen LogP contribution < -0.4 is 11.1 Å². The van der Waals surface area contributed by atoms with Gasteiger partial charge in [-0.1, -0.05) is 0 Å². The van der Waals surface area contributed by atoms with Gasteiger partial charge in [0.15, 0.2) is 0 Å². The largest absolute Gasteiger partial charge is 0.469 e. The first-order valence-corrected chi connectivity index (χ1v) is 3.18. The lowest BCUT2D eigenvalue weighted by Gasteiger charge is -2.06. The average molecular weight is 160 g/mol. The van der Waals surface area contributed by atoms with Crippen molar-refractivity contribution in [2.75, 3.05) is 7.11 Å². The van der Waals surface area contributed by atoms with E-state index in [1.165, 1.54) is 7.11 Å². The Morgan fingerprint density at radius 2 is 2.18 bits per heavy atom. The fraction of sp³-hybridized carbons (Fsp3) is 0.667. The molecule has 0 radical (unpaired) electrons. The number of hydrogen-bond donors (Lipinski definition) is 2. The number of rotatable bonds is 3. The van der Waals surface area contributed by atoms with E-state index in [4.69, 9.17) is 5.73 Å². The summed E-state index contributed by atoms with van der Waals surface area (Å²) < 4.78 is 4.26. The van der Waals surface area contributed by atoms with Gasteiger partial charge in [-0.05, 0) is 6.92 Å². The Kier molecular flexibility index (Phi) is 4.21. The molecule has 0 aromatic heterocycles. The molecule has 0 aliphatic carbocycles. The number of methoxy groups -OCH3 is 1. The topological polar surface area (TPSA) is 81.4 Å². The molecule has 0 fully saturated rings. The van der Waals surface area contributed by atoms with Gasteiger partial charge in [0, 0.05) is 0 Å². The number of carbonyl (C=O) groups excluding carboxylic acids is 2. The van der Waals surface area contributed by atoms with Gasteiger partial charge in [0.05, 0.1) is 13.3 Å². The minimum absolute atomic E-state index is 0.280. The first-order valence-electron chi connectivity index (χ1n) is 3.18. The highest BCUT2D eigenvalue weighted by molar-refractivity contribution is 5.94. The highest BCUT2D eigenvalue weighted by atomic mass is 16.5. The number of ether oxygens (including phenoxy) is 1. The van der Waals surface area contributed by atoms with E-state index in [0.29, 0.717) is 0 Å². The average Bonchev–Trinajstić information content (AvgIpc) is 1.85. The van der Waals surface area contributed by atoms with Gasteiger partial charge in [-0.2, -0.15) is 0 Å².